The molecule has 0 saturated carbocycles. The predicted octanol–water partition coefficient (Wildman–Crippen LogP) is 5.68. The van der Waals surface area contributed by atoms with Crippen molar-refractivity contribution in [3.8, 4) is 0 Å². The van der Waals surface area contributed by atoms with Gasteiger partial charge in [-0.25, -0.2) is 4.79 Å². The number of hydrogen-bond donors (Lipinski definition) is 2. The molecule has 2 N–H and O–H groups in total. The molecule has 1 aromatic rings. The van der Waals surface area contributed by atoms with Crippen LogP contribution in [0.3, 0.4) is 0 Å². The Bertz CT molecular complexity index is 981. The number of nitrogens with zero attached hydrogens (tertiary/aromatic N) is 2. The lowest BCUT2D eigenvalue weighted by Gasteiger charge is -2.14. The van der Waals surface area contributed by atoms with Crippen LogP contribution in [0.25, 0.3) is 0 Å². The van der Waals surface area contributed by atoms with Gasteiger partial charge in [-0.05, 0) is 51.0 Å². The highest BCUT2D eigenvalue weighted by Gasteiger charge is 2.27. The lowest BCUT2D eigenvalue weighted by Crippen LogP contribution is -2.29. The Hall–Kier alpha value is -2.68. The van der Waals surface area contributed by atoms with Crippen molar-refractivity contribution in [2.45, 2.75) is 70.0 Å². The second kappa shape index (κ2) is 18.6. The number of aliphatic hydroxyl groups excluding tert-OH is 1. The van der Waals surface area contributed by atoms with Gasteiger partial charge >= 0.3 is 5.69 Å². The van der Waals surface area contributed by atoms with Crippen molar-refractivity contribution in [2.75, 3.05) is 17.7 Å². The van der Waals surface area contributed by atoms with Crippen LogP contribution >= 0.6 is 11.8 Å². The smallest absolute Gasteiger partial charge is 0.351 e. The molecule has 1 fully saturated rings. The number of thioether (sulfide) groups is 1. The molecule has 0 spiro atoms. The summed E-state index contributed by atoms with van der Waals surface area (Å²) in [7, 11) is 0. The highest BCUT2D eigenvalue weighted by molar-refractivity contribution is 8.00. The van der Waals surface area contributed by atoms with Crippen molar-refractivity contribution in [1.82, 2.24) is 9.55 Å². The third kappa shape index (κ3) is 12.3. The zero-order valence-corrected chi connectivity index (χ0v) is 21.9. The van der Waals surface area contributed by atoms with Gasteiger partial charge in [-0.3, -0.25) is 9.36 Å². The Kier molecular flexibility index (Phi) is 15.2. The summed E-state index contributed by atoms with van der Waals surface area (Å²) in [5, 5.41) is 11.8. The van der Waals surface area contributed by atoms with Gasteiger partial charge in [0.1, 0.15) is 17.5 Å². The molecule has 8 heteroatoms. The normalized spacial score (nSPS) is 18.6. The van der Waals surface area contributed by atoms with E-state index in [-0.39, 0.29) is 23.8 Å². The molecule has 1 unspecified atom stereocenters. The SMILES string of the molecule is CC/C=C\C/C=C\C/C=C\C/C=C\C/C=C\CCCC(=O)Nc1ccn(C2CS[C@H](CO)O2)c(=O)n1. The Balaban J connectivity index is 1.54. The molecule has 1 aliphatic rings. The number of nitrogens with one attached hydrogen (secondary N) is 1. The Labute approximate surface area is 218 Å². The van der Waals surface area contributed by atoms with E-state index in [1.54, 1.807) is 12.3 Å². The lowest BCUT2D eigenvalue weighted by molar-refractivity contribution is -0.116. The number of carbonyl (C=O) groups excluding carboxylic acids is 1. The van der Waals surface area contributed by atoms with Crippen LogP contribution in [0.4, 0.5) is 5.82 Å². The van der Waals surface area contributed by atoms with Crippen molar-refractivity contribution in [1.29, 1.82) is 0 Å². The third-order valence-corrected chi connectivity index (χ3v) is 6.33. The summed E-state index contributed by atoms with van der Waals surface area (Å²) in [4.78, 5) is 28.3. The maximum Gasteiger partial charge on any atom is 0.351 e. The van der Waals surface area contributed by atoms with Gasteiger partial charge in [-0.2, -0.15) is 4.98 Å². The van der Waals surface area contributed by atoms with E-state index < -0.39 is 11.9 Å². The first kappa shape index (κ1) is 29.5. The largest absolute Gasteiger partial charge is 0.393 e. The van der Waals surface area contributed by atoms with Crippen LogP contribution in [-0.4, -0.2) is 38.4 Å². The van der Waals surface area contributed by atoms with Crippen LogP contribution in [0.15, 0.2) is 77.8 Å². The average molecular weight is 514 g/mol. The first-order chi connectivity index (χ1) is 17.6. The molecule has 2 atom stereocenters. The van der Waals surface area contributed by atoms with Gasteiger partial charge in [0.2, 0.25) is 5.91 Å². The van der Waals surface area contributed by atoms with E-state index in [0.29, 0.717) is 12.2 Å². The molecule has 36 heavy (non-hydrogen) atoms. The van der Waals surface area contributed by atoms with Crippen LogP contribution in [0.2, 0.25) is 0 Å². The molecule has 0 bridgehead atoms. The number of rotatable bonds is 16. The molecule has 1 saturated heterocycles. The zero-order valence-electron chi connectivity index (χ0n) is 21.1. The van der Waals surface area contributed by atoms with E-state index in [9.17, 15) is 9.59 Å². The van der Waals surface area contributed by atoms with Crippen molar-refractivity contribution >= 4 is 23.5 Å². The Morgan fingerprint density at radius 3 is 2.25 bits per heavy atom. The summed E-state index contributed by atoms with van der Waals surface area (Å²) in [5.74, 6) is 0.634. The molecule has 196 valence electrons. The molecule has 2 rings (SSSR count). The average Bonchev–Trinajstić information content (AvgIpc) is 3.35. The highest BCUT2D eigenvalue weighted by atomic mass is 32.2. The van der Waals surface area contributed by atoms with Gasteiger partial charge in [-0.1, -0.05) is 67.7 Å². The molecule has 0 aromatic carbocycles. The van der Waals surface area contributed by atoms with E-state index in [1.807, 2.05) is 0 Å². The summed E-state index contributed by atoms with van der Waals surface area (Å²) in [6.07, 6.45) is 29.5. The quantitative estimate of drug-likeness (QED) is 0.218. The van der Waals surface area contributed by atoms with E-state index in [0.717, 1.165) is 44.9 Å². The number of aliphatic hydroxyl groups is 1. The molecule has 7 nitrogen and oxygen atoms in total. The fourth-order valence-corrected chi connectivity index (χ4v) is 4.27. The summed E-state index contributed by atoms with van der Waals surface area (Å²) in [5.41, 5.74) is -0.819. The first-order valence-corrected chi connectivity index (χ1v) is 13.7. The van der Waals surface area contributed by atoms with Crippen molar-refractivity contribution < 1.29 is 14.6 Å². The molecule has 1 aromatic heterocycles. The maximum atomic E-state index is 12.3. The topological polar surface area (TPSA) is 93.5 Å². The molecular weight excluding hydrogens is 474 g/mol. The number of allylic oxidation sites excluding steroid dienone is 10. The summed E-state index contributed by atoms with van der Waals surface area (Å²) in [6.45, 7) is 2.04. The van der Waals surface area contributed by atoms with Crippen molar-refractivity contribution in [3.63, 3.8) is 0 Å². The fraction of sp³-hybridized carbons (Fsp3) is 0.464. The standard InChI is InChI=1S/C28H39N3O4S/c1-2-3-4-5-6-7-8-9-10-11-12-13-14-15-16-17-18-19-25(33)29-24-20-21-31(28(34)30-24)26-23-36-27(22-32)35-26/h3-4,6-7,9-10,12-13,15-16,20-21,26-27,32H,2,5,8,11,14,17-19,22-23H2,1H3,(H,29,30,33,34)/b4-3-,7-6-,10-9-,13-12-,16-15-/t26?,27-/m1/s1. The van der Waals surface area contributed by atoms with Gasteiger partial charge in [0, 0.05) is 18.4 Å². The van der Waals surface area contributed by atoms with Crippen LogP contribution < -0.4 is 11.0 Å². The summed E-state index contributed by atoms with van der Waals surface area (Å²) < 4.78 is 6.95. The number of anilines is 1. The van der Waals surface area contributed by atoms with Crippen molar-refractivity contribution in [2.24, 2.45) is 0 Å². The Morgan fingerprint density at radius 2 is 1.69 bits per heavy atom. The van der Waals surface area contributed by atoms with Crippen molar-refractivity contribution in [3.05, 3.63) is 83.5 Å². The second-order valence-corrected chi connectivity index (χ2v) is 9.38. The van der Waals surface area contributed by atoms with Gasteiger partial charge in [-0.15, -0.1) is 11.8 Å². The van der Waals surface area contributed by atoms with Crippen LogP contribution in [0.5, 0.6) is 0 Å². The lowest BCUT2D eigenvalue weighted by atomic mass is 10.2. The van der Waals surface area contributed by atoms with Crippen LogP contribution in [0, 0.1) is 0 Å². The maximum absolute atomic E-state index is 12.3. The van der Waals surface area contributed by atoms with E-state index >= 15 is 0 Å². The molecule has 0 radical (unpaired) electrons. The van der Waals surface area contributed by atoms with E-state index in [1.165, 1.54) is 16.3 Å². The number of ether oxygens (including phenoxy) is 1. The van der Waals surface area contributed by atoms with Gasteiger partial charge in [0.15, 0.2) is 0 Å². The molecular formula is C28H39N3O4S. The minimum atomic E-state index is -0.490. The fourth-order valence-electron chi connectivity index (χ4n) is 3.34. The number of unbranched alkanes of at least 4 members (excludes halogenated alkanes) is 1. The highest BCUT2D eigenvalue weighted by Crippen LogP contribution is 2.30. The van der Waals surface area contributed by atoms with Gasteiger partial charge in [0.05, 0.1) is 6.61 Å². The summed E-state index contributed by atoms with van der Waals surface area (Å²) in [6, 6.07) is 1.59. The minimum absolute atomic E-state index is 0.100. The minimum Gasteiger partial charge on any atom is -0.393 e. The summed E-state index contributed by atoms with van der Waals surface area (Å²) >= 11 is 1.45. The van der Waals surface area contributed by atoms with Crippen LogP contribution in [-0.2, 0) is 9.53 Å². The Morgan fingerprint density at radius 1 is 1.08 bits per heavy atom. The number of aromatic nitrogens is 2. The van der Waals surface area contributed by atoms with E-state index in [4.69, 9.17) is 9.84 Å². The molecule has 0 aliphatic carbocycles. The van der Waals surface area contributed by atoms with E-state index in [2.05, 4.69) is 78.0 Å². The first-order valence-electron chi connectivity index (χ1n) is 12.7. The molecule has 2 heterocycles. The van der Waals surface area contributed by atoms with Crippen LogP contribution in [0.1, 0.15) is 64.5 Å². The number of amides is 1. The molecule has 1 amide bonds. The third-order valence-electron chi connectivity index (χ3n) is 5.22. The second-order valence-electron chi connectivity index (χ2n) is 8.19. The number of hydrogen-bond acceptors (Lipinski definition) is 6. The zero-order chi connectivity index (χ0) is 25.8. The predicted molar refractivity (Wildman–Crippen MR) is 149 cm³/mol. The van der Waals surface area contributed by atoms with Gasteiger partial charge in [0.25, 0.3) is 0 Å². The monoisotopic (exact) mass is 513 g/mol. The van der Waals surface area contributed by atoms with Gasteiger partial charge < -0.3 is 15.2 Å². The number of carbonyl (C=O) groups is 1. The molecule has 1 aliphatic heterocycles.